The molecule has 19 heavy (non-hydrogen) atoms. The van der Waals surface area contributed by atoms with Gasteiger partial charge in [-0.1, -0.05) is 40.2 Å². The zero-order valence-electron chi connectivity index (χ0n) is 10.6. The lowest BCUT2D eigenvalue weighted by Crippen LogP contribution is -2.01. The van der Waals surface area contributed by atoms with E-state index in [2.05, 4.69) is 15.9 Å². The first-order valence-corrected chi connectivity index (χ1v) is 6.68. The second-order valence-corrected chi connectivity index (χ2v) is 4.94. The van der Waals surface area contributed by atoms with Crippen LogP contribution in [0.3, 0.4) is 0 Å². The SMILES string of the molecule is COc1cccc(CO)c1OCc1ccc(Br)cc1. The van der Waals surface area contributed by atoms with E-state index in [-0.39, 0.29) is 6.61 Å². The molecule has 2 aromatic carbocycles. The standard InChI is InChI=1S/C15H15BrO3/c1-18-14-4-2-3-12(9-17)15(14)19-10-11-5-7-13(16)8-6-11/h2-8,17H,9-10H2,1H3. The molecule has 0 fully saturated rings. The third-order valence-corrected chi connectivity index (χ3v) is 3.28. The number of aliphatic hydroxyl groups excluding tert-OH is 1. The fourth-order valence-electron chi connectivity index (χ4n) is 1.75. The Balaban J connectivity index is 2.16. The molecule has 0 aliphatic heterocycles. The summed E-state index contributed by atoms with van der Waals surface area (Å²) >= 11 is 3.39. The fraction of sp³-hybridized carbons (Fsp3) is 0.200. The summed E-state index contributed by atoms with van der Waals surface area (Å²) in [4.78, 5) is 0. The van der Waals surface area contributed by atoms with Crippen LogP contribution in [0, 0.1) is 0 Å². The van der Waals surface area contributed by atoms with Gasteiger partial charge in [0.1, 0.15) is 6.61 Å². The van der Waals surface area contributed by atoms with Crippen molar-refractivity contribution in [1.82, 2.24) is 0 Å². The molecule has 0 aromatic heterocycles. The summed E-state index contributed by atoms with van der Waals surface area (Å²) in [5.74, 6) is 1.22. The second kappa shape index (κ2) is 6.59. The third kappa shape index (κ3) is 3.49. The van der Waals surface area contributed by atoms with Gasteiger partial charge in [-0.15, -0.1) is 0 Å². The summed E-state index contributed by atoms with van der Waals surface area (Å²) in [6.07, 6.45) is 0. The molecular formula is C15H15BrO3. The number of hydrogen-bond donors (Lipinski definition) is 1. The minimum Gasteiger partial charge on any atom is -0.493 e. The van der Waals surface area contributed by atoms with Crippen molar-refractivity contribution in [3.63, 3.8) is 0 Å². The lowest BCUT2D eigenvalue weighted by atomic mass is 10.2. The van der Waals surface area contributed by atoms with Crippen molar-refractivity contribution >= 4 is 15.9 Å². The van der Waals surface area contributed by atoms with Gasteiger partial charge in [-0.2, -0.15) is 0 Å². The van der Waals surface area contributed by atoms with E-state index in [0.717, 1.165) is 15.6 Å². The molecule has 2 aromatic rings. The number of rotatable bonds is 5. The molecule has 0 saturated heterocycles. The molecule has 0 saturated carbocycles. The second-order valence-electron chi connectivity index (χ2n) is 4.02. The molecule has 0 aliphatic rings. The van der Waals surface area contributed by atoms with Crippen LogP contribution in [0.1, 0.15) is 11.1 Å². The maximum atomic E-state index is 9.33. The summed E-state index contributed by atoms with van der Waals surface area (Å²) < 4.78 is 12.1. The van der Waals surface area contributed by atoms with Crippen LogP contribution in [-0.2, 0) is 13.2 Å². The predicted molar refractivity (Wildman–Crippen MR) is 77.4 cm³/mol. The van der Waals surface area contributed by atoms with Gasteiger partial charge in [-0.05, 0) is 23.8 Å². The van der Waals surface area contributed by atoms with Gasteiger partial charge in [-0.3, -0.25) is 0 Å². The van der Waals surface area contributed by atoms with Crippen molar-refractivity contribution in [1.29, 1.82) is 0 Å². The van der Waals surface area contributed by atoms with Crippen molar-refractivity contribution < 1.29 is 14.6 Å². The van der Waals surface area contributed by atoms with Gasteiger partial charge < -0.3 is 14.6 Å². The van der Waals surface area contributed by atoms with Crippen LogP contribution in [0.4, 0.5) is 0 Å². The van der Waals surface area contributed by atoms with E-state index < -0.39 is 0 Å². The molecular weight excluding hydrogens is 308 g/mol. The van der Waals surface area contributed by atoms with Gasteiger partial charge >= 0.3 is 0 Å². The Morgan fingerprint density at radius 3 is 2.47 bits per heavy atom. The van der Waals surface area contributed by atoms with Crippen LogP contribution in [0.15, 0.2) is 46.9 Å². The molecule has 1 N–H and O–H groups in total. The van der Waals surface area contributed by atoms with Gasteiger partial charge in [0.15, 0.2) is 11.5 Å². The number of benzene rings is 2. The first-order chi connectivity index (χ1) is 9.24. The highest BCUT2D eigenvalue weighted by Gasteiger charge is 2.09. The molecule has 100 valence electrons. The highest BCUT2D eigenvalue weighted by atomic mass is 79.9. The maximum Gasteiger partial charge on any atom is 0.167 e. The van der Waals surface area contributed by atoms with Crippen LogP contribution in [0.2, 0.25) is 0 Å². The maximum absolute atomic E-state index is 9.33. The van der Waals surface area contributed by atoms with E-state index in [9.17, 15) is 5.11 Å². The summed E-state index contributed by atoms with van der Waals surface area (Å²) in [5, 5.41) is 9.33. The summed E-state index contributed by atoms with van der Waals surface area (Å²) in [5.41, 5.74) is 1.77. The lowest BCUT2D eigenvalue weighted by Gasteiger charge is -2.14. The van der Waals surface area contributed by atoms with E-state index in [4.69, 9.17) is 9.47 Å². The molecule has 0 spiro atoms. The zero-order valence-corrected chi connectivity index (χ0v) is 12.2. The highest BCUT2D eigenvalue weighted by molar-refractivity contribution is 9.10. The Labute approximate surface area is 120 Å². The van der Waals surface area contributed by atoms with E-state index >= 15 is 0 Å². The smallest absolute Gasteiger partial charge is 0.167 e. The van der Waals surface area contributed by atoms with Crippen molar-refractivity contribution in [2.24, 2.45) is 0 Å². The van der Waals surface area contributed by atoms with E-state index in [1.54, 1.807) is 7.11 Å². The Bertz CT molecular complexity index is 515. The zero-order chi connectivity index (χ0) is 13.7. The van der Waals surface area contributed by atoms with Crippen LogP contribution in [-0.4, -0.2) is 12.2 Å². The fourth-order valence-corrected chi connectivity index (χ4v) is 2.01. The molecule has 0 radical (unpaired) electrons. The lowest BCUT2D eigenvalue weighted by molar-refractivity contribution is 0.250. The van der Waals surface area contributed by atoms with Crippen molar-refractivity contribution in [2.45, 2.75) is 13.2 Å². The Hall–Kier alpha value is -1.52. The van der Waals surface area contributed by atoms with Crippen LogP contribution in [0.25, 0.3) is 0 Å². The number of ether oxygens (including phenoxy) is 2. The quantitative estimate of drug-likeness (QED) is 0.915. The molecule has 0 bridgehead atoms. The average molecular weight is 323 g/mol. The summed E-state index contributed by atoms with van der Waals surface area (Å²) in [6, 6.07) is 13.4. The predicted octanol–water partition coefficient (Wildman–Crippen LogP) is 3.53. The van der Waals surface area contributed by atoms with Gasteiger partial charge in [0.2, 0.25) is 0 Å². The Morgan fingerprint density at radius 1 is 1.11 bits per heavy atom. The number of para-hydroxylation sites is 1. The van der Waals surface area contributed by atoms with Crippen molar-refractivity contribution in [3.8, 4) is 11.5 Å². The van der Waals surface area contributed by atoms with E-state index in [1.807, 2.05) is 42.5 Å². The molecule has 0 aliphatic carbocycles. The molecule has 2 rings (SSSR count). The number of hydrogen-bond acceptors (Lipinski definition) is 3. The van der Waals surface area contributed by atoms with Crippen LogP contribution >= 0.6 is 15.9 Å². The minimum absolute atomic E-state index is 0.0765. The van der Waals surface area contributed by atoms with E-state index in [1.165, 1.54) is 0 Å². The molecule has 0 amide bonds. The third-order valence-electron chi connectivity index (χ3n) is 2.75. The normalized spacial score (nSPS) is 10.3. The minimum atomic E-state index is -0.0765. The topological polar surface area (TPSA) is 38.7 Å². The van der Waals surface area contributed by atoms with Crippen LogP contribution in [0.5, 0.6) is 11.5 Å². The largest absolute Gasteiger partial charge is 0.493 e. The molecule has 0 atom stereocenters. The summed E-state index contributed by atoms with van der Waals surface area (Å²) in [7, 11) is 1.59. The molecule has 0 unspecified atom stereocenters. The first-order valence-electron chi connectivity index (χ1n) is 5.88. The first kappa shape index (κ1) is 13.9. The highest BCUT2D eigenvalue weighted by Crippen LogP contribution is 2.31. The van der Waals surface area contributed by atoms with Gasteiger partial charge in [0.05, 0.1) is 13.7 Å². The van der Waals surface area contributed by atoms with Crippen molar-refractivity contribution in [2.75, 3.05) is 7.11 Å². The Kier molecular flexibility index (Phi) is 4.82. The summed E-state index contributed by atoms with van der Waals surface area (Å²) in [6.45, 7) is 0.355. The number of halogens is 1. The molecule has 3 nitrogen and oxygen atoms in total. The van der Waals surface area contributed by atoms with E-state index in [0.29, 0.717) is 18.1 Å². The average Bonchev–Trinajstić information content (AvgIpc) is 2.46. The molecule has 0 heterocycles. The number of methoxy groups -OCH3 is 1. The van der Waals surface area contributed by atoms with Gasteiger partial charge in [0.25, 0.3) is 0 Å². The van der Waals surface area contributed by atoms with Gasteiger partial charge in [-0.25, -0.2) is 0 Å². The van der Waals surface area contributed by atoms with Gasteiger partial charge in [0, 0.05) is 10.0 Å². The Morgan fingerprint density at radius 2 is 1.84 bits per heavy atom. The van der Waals surface area contributed by atoms with Crippen molar-refractivity contribution in [3.05, 3.63) is 58.1 Å². The number of aliphatic hydroxyl groups is 1. The molecule has 4 heteroatoms. The van der Waals surface area contributed by atoms with Crippen LogP contribution < -0.4 is 9.47 Å². The monoisotopic (exact) mass is 322 g/mol.